The summed E-state index contributed by atoms with van der Waals surface area (Å²) in [5.74, 6) is 3.57. The molecule has 8 heteroatoms. The highest BCUT2D eigenvalue weighted by Crippen LogP contribution is 2.27. The molecule has 0 radical (unpaired) electrons. The highest BCUT2D eigenvalue weighted by atomic mass is 32.2. The van der Waals surface area contributed by atoms with Gasteiger partial charge in [-0.1, -0.05) is 31.4 Å². The van der Waals surface area contributed by atoms with Crippen molar-refractivity contribution in [1.82, 2.24) is 15.5 Å². The maximum absolute atomic E-state index is 13.1. The number of nitrogens with one attached hydrogen (secondary N) is 2. The fraction of sp³-hybridized carbons (Fsp3) is 0.724. The number of thioether (sulfide) groups is 1. The zero-order valence-electron chi connectivity index (χ0n) is 23.2. The Morgan fingerprint density at radius 2 is 1.70 bits per heavy atom. The molecule has 1 saturated carbocycles. The van der Waals surface area contributed by atoms with Crippen LogP contribution in [-0.2, 0) is 16.1 Å². The summed E-state index contributed by atoms with van der Waals surface area (Å²) in [6, 6.07) is 7.67. The summed E-state index contributed by atoms with van der Waals surface area (Å²) in [4.78, 5) is 28.0. The molecule has 0 spiro atoms. The summed E-state index contributed by atoms with van der Waals surface area (Å²) in [5, 5.41) is 5.96. The van der Waals surface area contributed by atoms with Crippen molar-refractivity contribution in [3.05, 3.63) is 29.8 Å². The molecule has 1 aliphatic carbocycles. The van der Waals surface area contributed by atoms with Gasteiger partial charge in [-0.15, -0.1) is 0 Å². The first-order valence-corrected chi connectivity index (χ1v) is 15.1. The summed E-state index contributed by atoms with van der Waals surface area (Å²) in [6.45, 7) is 9.12. The van der Waals surface area contributed by atoms with E-state index in [2.05, 4.69) is 27.7 Å². The van der Waals surface area contributed by atoms with Crippen molar-refractivity contribution >= 4 is 23.8 Å². The standard InChI is InChI=1S/C29H47N3O4S/c1-29(2,3)36-28(34)31-26(21-37-20-24-8-6-5-7-9-24)27(33)30-18-22-14-16-32(17-15-22)19-23-10-12-25(35-4)13-11-23/h10-13,22,24,26H,5-9,14-21H2,1-4H3,(H,30,33)(H,31,34). The Morgan fingerprint density at radius 1 is 1.03 bits per heavy atom. The molecule has 1 saturated heterocycles. The highest BCUT2D eigenvalue weighted by molar-refractivity contribution is 7.99. The monoisotopic (exact) mass is 533 g/mol. The van der Waals surface area contributed by atoms with Gasteiger partial charge in [-0.25, -0.2) is 4.79 Å². The highest BCUT2D eigenvalue weighted by Gasteiger charge is 2.26. The first-order chi connectivity index (χ1) is 17.7. The molecule has 0 aromatic heterocycles. The Kier molecular flexibility index (Phi) is 11.9. The molecule has 208 valence electrons. The van der Waals surface area contributed by atoms with E-state index in [0.29, 0.717) is 18.2 Å². The average molecular weight is 534 g/mol. The van der Waals surface area contributed by atoms with Gasteiger partial charge in [-0.05, 0) is 94.8 Å². The van der Waals surface area contributed by atoms with E-state index in [9.17, 15) is 9.59 Å². The van der Waals surface area contributed by atoms with Crippen molar-refractivity contribution in [2.24, 2.45) is 11.8 Å². The van der Waals surface area contributed by atoms with E-state index in [0.717, 1.165) is 49.9 Å². The molecule has 1 aromatic carbocycles. The Hall–Kier alpha value is -1.93. The summed E-state index contributed by atoms with van der Waals surface area (Å²) in [5.41, 5.74) is 0.689. The largest absolute Gasteiger partial charge is 0.497 e. The fourth-order valence-electron chi connectivity index (χ4n) is 5.05. The van der Waals surface area contributed by atoms with E-state index >= 15 is 0 Å². The van der Waals surface area contributed by atoms with E-state index < -0.39 is 17.7 Å². The number of piperidine rings is 1. The number of hydrogen-bond donors (Lipinski definition) is 2. The van der Waals surface area contributed by atoms with Crippen LogP contribution in [0.5, 0.6) is 5.75 Å². The number of ether oxygens (including phenoxy) is 2. The fourth-order valence-corrected chi connectivity index (χ4v) is 6.32. The molecule has 2 fully saturated rings. The van der Waals surface area contributed by atoms with E-state index in [1.54, 1.807) is 18.9 Å². The second-order valence-corrected chi connectivity index (χ2v) is 12.6. The van der Waals surface area contributed by atoms with Crippen LogP contribution in [-0.4, -0.2) is 66.8 Å². The lowest BCUT2D eigenvalue weighted by atomic mass is 9.91. The van der Waals surface area contributed by atoms with Gasteiger partial charge in [-0.2, -0.15) is 11.8 Å². The predicted octanol–water partition coefficient (Wildman–Crippen LogP) is 5.23. The second kappa shape index (κ2) is 14.9. The lowest BCUT2D eigenvalue weighted by Crippen LogP contribution is -2.51. The van der Waals surface area contributed by atoms with Gasteiger partial charge >= 0.3 is 6.09 Å². The number of carbonyl (C=O) groups is 2. The SMILES string of the molecule is COc1ccc(CN2CCC(CNC(=O)C(CSCC3CCCCC3)NC(=O)OC(C)(C)C)CC2)cc1. The Morgan fingerprint density at radius 3 is 2.32 bits per heavy atom. The van der Waals surface area contributed by atoms with Crippen LogP contribution in [0.25, 0.3) is 0 Å². The van der Waals surface area contributed by atoms with Gasteiger partial charge in [0.2, 0.25) is 5.91 Å². The number of benzene rings is 1. The third-order valence-electron chi connectivity index (χ3n) is 7.21. The number of methoxy groups -OCH3 is 1. The molecule has 1 heterocycles. The molecule has 7 nitrogen and oxygen atoms in total. The smallest absolute Gasteiger partial charge is 0.408 e. The Labute approximate surface area is 227 Å². The zero-order chi connectivity index (χ0) is 26.7. The van der Waals surface area contributed by atoms with Gasteiger partial charge in [-0.3, -0.25) is 9.69 Å². The Balaban J connectivity index is 1.43. The van der Waals surface area contributed by atoms with Gasteiger partial charge in [0.1, 0.15) is 17.4 Å². The first kappa shape index (κ1) is 29.6. The van der Waals surface area contributed by atoms with Gasteiger partial charge in [0.25, 0.3) is 0 Å². The summed E-state index contributed by atoms with van der Waals surface area (Å²) >= 11 is 1.78. The minimum atomic E-state index is -0.597. The molecule has 2 N–H and O–H groups in total. The Bertz CT molecular complexity index is 829. The number of carbonyl (C=O) groups excluding carboxylic acids is 2. The maximum atomic E-state index is 13.1. The molecule has 1 aromatic rings. The topological polar surface area (TPSA) is 79.9 Å². The van der Waals surface area contributed by atoms with Gasteiger partial charge < -0.3 is 20.1 Å². The lowest BCUT2D eigenvalue weighted by molar-refractivity contribution is -0.122. The van der Waals surface area contributed by atoms with E-state index in [1.807, 2.05) is 32.9 Å². The molecule has 0 bridgehead atoms. The first-order valence-electron chi connectivity index (χ1n) is 13.9. The average Bonchev–Trinajstić information content (AvgIpc) is 2.87. The van der Waals surface area contributed by atoms with Crippen LogP contribution in [0.2, 0.25) is 0 Å². The van der Waals surface area contributed by atoms with Crippen molar-refractivity contribution in [3.8, 4) is 5.75 Å². The molecule has 3 rings (SSSR count). The molecule has 1 aliphatic heterocycles. The summed E-state index contributed by atoms with van der Waals surface area (Å²) in [7, 11) is 1.69. The lowest BCUT2D eigenvalue weighted by Gasteiger charge is -2.32. The van der Waals surface area contributed by atoms with Crippen LogP contribution >= 0.6 is 11.8 Å². The minimum absolute atomic E-state index is 0.109. The third kappa shape index (κ3) is 11.1. The van der Waals surface area contributed by atoms with Crippen LogP contribution < -0.4 is 15.4 Å². The van der Waals surface area contributed by atoms with Crippen molar-refractivity contribution in [1.29, 1.82) is 0 Å². The number of amides is 2. The summed E-state index contributed by atoms with van der Waals surface area (Å²) < 4.78 is 10.7. The second-order valence-electron chi connectivity index (χ2n) is 11.6. The maximum Gasteiger partial charge on any atom is 0.408 e. The number of nitrogens with zero attached hydrogens (tertiary/aromatic N) is 1. The van der Waals surface area contributed by atoms with Gasteiger partial charge in [0, 0.05) is 18.8 Å². The van der Waals surface area contributed by atoms with Crippen molar-refractivity contribution in [2.45, 2.75) is 83.9 Å². The minimum Gasteiger partial charge on any atom is -0.497 e. The molecule has 37 heavy (non-hydrogen) atoms. The van der Waals surface area contributed by atoms with Crippen LogP contribution in [0.3, 0.4) is 0 Å². The molecule has 2 amide bonds. The quantitative estimate of drug-likeness (QED) is 0.406. The van der Waals surface area contributed by atoms with Crippen molar-refractivity contribution in [3.63, 3.8) is 0 Å². The molecule has 1 unspecified atom stereocenters. The molecule has 2 aliphatic rings. The zero-order valence-corrected chi connectivity index (χ0v) is 24.0. The van der Waals surface area contributed by atoms with Gasteiger partial charge in [0.05, 0.1) is 7.11 Å². The van der Waals surface area contributed by atoms with E-state index in [-0.39, 0.29) is 5.91 Å². The molecular formula is C29H47N3O4S. The molecular weight excluding hydrogens is 486 g/mol. The number of rotatable bonds is 11. The van der Waals surface area contributed by atoms with E-state index in [4.69, 9.17) is 9.47 Å². The van der Waals surface area contributed by atoms with E-state index in [1.165, 1.54) is 37.7 Å². The van der Waals surface area contributed by atoms with Crippen LogP contribution in [0, 0.1) is 11.8 Å². The van der Waals surface area contributed by atoms with Crippen LogP contribution in [0.1, 0.15) is 71.3 Å². The predicted molar refractivity (Wildman–Crippen MR) is 151 cm³/mol. The molecule has 1 atom stereocenters. The third-order valence-corrected chi connectivity index (χ3v) is 8.48. The van der Waals surface area contributed by atoms with Crippen molar-refractivity contribution in [2.75, 3.05) is 38.2 Å². The van der Waals surface area contributed by atoms with Crippen LogP contribution in [0.15, 0.2) is 24.3 Å². The number of alkyl carbamates (subject to hydrolysis) is 1. The van der Waals surface area contributed by atoms with Crippen molar-refractivity contribution < 1.29 is 19.1 Å². The number of hydrogen-bond acceptors (Lipinski definition) is 6. The number of likely N-dealkylation sites (tertiary alicyclic amines) is 1. The van der Waals surface area contributed by atoms with Crippen LogP contribution in [0.4, 0.5) is 4.79 Å². The normalized spacial score (nSPS) is 18.7. The van der Waals surface area contributed by atoms with Gasteiger partial charge in [0.15, 0.2) is 0 Å². The summed E-state index contributed by atoms with van der Waals surface area (Å²) in [6.07, 6.45) is 8.09.